The molecule has 0 unspecified atom stereocenters. The Bertz CT molecular complexity index is 251. The Morgan fingerprint density at radius 2 is 2.31 bits per heavy atom. The number of hydrogen-bond acceptors (Lipinski definition) is 2. The normalized spacial score (nSPS) is 35.2. The van der Waals surface area contributed by atoms with Crippen molar-refractivity contribution in [2.75, 3.05) is 6.54 Å². The zero-order chi connectivity index (χ0) is 9.26. The molecule has 70 valence electrons. The summed E-state index contributed by atoms with van der Waals surface area (Å²) >= 11 is 0. The molecule has 0 N–H and O–H groups in total. The lowest BCUT2D eigenvalue weighted by atomic mass is 9.87. The summed E-state index contributed by atoms with van der Waals surface area (Å²) in [6.07, 6.45) is 5.76. The van der Waals surface area contributed by atoms with Crippen molar-refractivity contribution in [3.8, 4) is 6.07 Å². The van der Waals surface area contributed by atoms with Crippen LogP contribution in [-0.4, -0.2) is 23.5 Å². The first-order chi connectivity index (χ1) is 6.31. The minimum atomic E-state index is 0.187. The van der Waals surface area contributed by atoms with Crippen molar-refractivity contribution < 1.29 is 0 Å². The van der Waals surface area contributed by atoms with Gasteiger partial charge in [-0.1, -0.05) is 12.2 Å². The summed E-state index contributed by atoms with van der Waals surface area (Å²) in [5.74, 6) is 0. The lowest BCUT2D eigenvalue weighted by Crippen LogP contribution is -2.48. The highest BCUT2D eigenvalue weighted by atomic mass is 15.2. The lowest BCUT2D eigenvalue weighted by Gasteiger charge is -2.42. The van der Waals surface area contributed by atoms with Gasteiger partial charge in [-0.2, -0.15) is 5.26 Å². The summed E-state index contributed by atoms with van der Waals surface area (Å²) < 4.78 is 0. The fraction of sp³-hybridized carbons (Fsp3) is 0.727. The second-order valence-electron chi connectivity index (χ2n) is 4.17. The fourth-order valence-electron chi connectivity index (χ4n) is 2.55. The van der Waals surface area contributed by atoms with Crippen LogP contribution in [-0.2, 0) is 0 Å². The molecule has 2 heteroatoms. The van der Waals surface area contributed by atoms with Crippen LogP contribution in [0.15, 0.2) is 12.2 Å². The van der Waals surface area contributed by atoms with E-state index in [9.17, 15) is 0 Å². The third-order valence-corrected chi connectivity index (χ3v) is 3.28. The van der Waals surface area contributed by atoms with Crippen LogP contribution in [0.5, 0.6) is 0 Å². The highest BCUT2D eigenvalue weighted by molar-refractivity contribution is 5.08. The molecular weight excluding hydrogens is 160 g/mol. The molecule has 0 aromatic carbocycles. The Labute approximate surface area is 79.8 Å². The topological polar surface area (TPSA) is 27.0 Å². The monoisotopic (exact) mass is 176 g/mol. The number of piperidine rings is 2. The third kappa shape index (κ3) is 1.62. The van der Waals surface area contributed by atoms with E-state index in [1.54, 1.807) is 0 Å². The summed E-state index contributed by atoms with van der Waals surface area (Å²) in [6, 6.07) is 3.23. The number of hydrogen-bond donors (Lipinski definition) is 0. The average Bonchev–Trinajstić information content (AvgIpc) is 2.16. The zero-order valence-electron chi connectivity index (χ0n) is 8.00. The van der Waals surface area contributed by atoms with E-state index in [2.05, 4.69) is 17.5 Å². The molecule has 0 spiro atoms. The van der Waals surface area contributed by atoms with Crippen molar-refractivity contribution in [2.24, 2.45) is 0 Å². The molecule has 2 fully saturated rings. The molecule has 2 nitrogen and oxygen atoms in total. The van der Waals surface area contributed by atoms with E-state index in [1.165, 1.54) is 18.4 Å². The van der Waals surface area contributed by atoms with Gasteiger partial charge in [-0.3, -0.25) is 4.90 Å². The largest absolute Gasteiger partial charge is 0.284 e. The number of fused-ring (bicyclic) bond motifs is 1. The maximum Gasteiger partial charge on any atom is 0.0980 e. The standard InChI is InChI=1S/C11H16N2/c1-9-5-6-13-10(7-9)3-2-4-11(13)8-12/h10-11H,1-7H2/t10-,11+/m0/s1. The fourth-order valence-corrected chi connectivity index (χ4v) is 2.55. The molecule has 0 aliphatic carbocycles. The van der Waals surface area contributed by atoms with E-state index >= 15 is 0 Å². The summed E-state index contributed by atoms with van der Waals surface area (Å²) in [4.78, 5) is 2.39. The molecule has 2 saturated heterocycles. The van der Waals surface area contributed by atoms with E-state index in [1.807, 2.05) is 0 Å². The highest BCUT2D eigenvalue weighted by Crippen LogP contribution is 2.31. The molecule has 0 amide bonds. The van der Waals surface area contributed by atoms with Gasteiger partial charge in [0, 0.05) is 12.6 Å². The van der Waals surface area contributed by atoms with Gasteiger partial charge in [0.1, 0.15) is 0 Å². The minimum absolute atomic E-state index is 0.187. The Morgan fingerprint density at radius 3 is 3.08 bits per heavy atom. The Kier molecular flexibility index (Phi) is 2.37. The molecule has 0 aromatic heterocycles. The quantitative estimate of drug-likeness (QED) is 0.528. The predicted octanol–water partition coefficient (Wildman–Crippen LogP) is 2.08. The summed E-state index contributed by atoms with van der Waals surface area (Å²) in [6.45, 7) is 5.10. The summed E-state index contributed by atoms with van der Waals surface area (Å²) in [5.41, 5.74) is 1.37. The molecule has 0 bridgehead atoms. The second kappa shape index (κ2) is 3.51. The molecular formula is C11H16N2. The van der Waals surface area contributed by atoms with Crippen LogP contribution in [0.25, 0.3) is 0 Å². The molecule has 2 rings (SSSR count). The van der Waals surface area contributed by atoms with Crippen LogP contribution in [0.2, 0.25) is 0 Å². The first-order valence-corrected chi connectivity index (χ1v) is 5.13. The van der Waals surface area contributed by atoms with Crippen molar-refractivity contribution in [2.45, 2.75) is 44.2 Å². The molecule has 2 aliphatic heterocycles. The van der Waals surface area contributed by atoms with E-state index < -0.39 is 0 Å². The lowest BCUT2D eigenvalue weighted by molar-refractivity contribution is 0.0964. The van der Waals surface area contributed by atoms with E-state index in [-0.39, 0.29) is 6.04 Å². The van der Waals surface area contributed by atoms with Gasteiger partial charge in [0.15, 0.2) is 0 Å². The maximum atomic E-state index is 8.98. The zero-order valence-corrected chi connectivity index (χ0v) is 8.00. The molecule has 13 heavy (non-hydrogen) atoms. The van der Waals surface area contributed by atoms with E-state index in [0.717, 1.165) is 25.8 Å². The molecule has 2 aliphatic rings. The molecule has 0 saturated carbocycles. The van der Waals surface area contributed by atoms with Crippen molar-refractivity contribution >= 4 is 0 Å². The first kappa shape index (κ1) is 8.77. The molecule has 0 radical (unpaired) electrons. The van der Waals surface area contributed by atoms with Crippen LogP contribution in [0, 0.1) is 11.3 Å². The van der Waals surface area contributed by atoms with Gasteiger partial charge >= 0.3 is 0 Å². The first-order valence-electron chi connectivity index (χ1n) is 5.13. The third-order valence-electron chi connectivity index (χ3n) is 3.28. The van der Waals surface area contributed by atoms with Gasteiger partial charge in [-0.05, 0) is 32.1 Å². The van der Waals surface area contributed by atoms with Gasteiger partial charge in [0.25, 0.3) is 0 Å². The Balaban J connectivity index is 2.08. The van der Waals surface area contributed by atoms with Crippen LogP contribution >= 0.6 is 0 Å². The molecule has 2 atom stereocenters. The molecule has 0 aromatic rings. The van der Waals surface area contributed by atoms with Crippen molar-refractivity contribution in [3.63, 3.8) is 0 Å². The van der Waals surface area contributed by atoms with Crippen molar-refractivity contribution in [3.05, 3.63) is 12.2 Å². The molecule has 2 heterocycles. The SMILES string of the molecule is C=C1CCN2[C@@H](CCC[C@@H]2C#N)C1. The summed E-state index contributed by atoms with van der Waals surface area (Å²) in [5, 5.41) is 8.98. The smallest absolute Gasteiger partial charge is 0.0980 e. The number of nitrogens with zero attached hydrogens (tertiary/aromatic N) is 2. The maximum absolute atomic E-state index is 8.98. The van der Waals surface area contributed by atoms with Gasteiger partial charge in [-0.25, -0.2) is 0 Å². The van der Waals surface area contributed by atoms with Crippen molar-refractivity contribution in [1.29, 1.82) is 5.26 Å². The van der Waals surface area contributed by atoms with Crippen LogP contribution in [0.4, 0.5) is 0 Å². The van der Waals surface area contributed by atoms with Crippen LogP contribution < -0.4 is 0 Å². The van der Waals surface area contributed by atoms with Crippen LogP contribution in [0.3, 0.4) is 0 Å². The van der Waals surface area contributed by atoms with Gasteiger partial charge in [0.2, 0.25) is 0 Å². The van der Waals surface area contributed by atoms with Gasteiger partial charge in [0.05, 0.1) is 12.1 Å². The minimum Gasteiger partial charge on any atom is -0.284 e. The van der Waals surface area contributed by atoms with Crippen LogP contribution in [0.1, 0.15) is 32.1 Å². The summed E-state index contributed by atoms with van der Waals surface area (Å²) in [7, 11) is 0. The predicted molar refractivity (Wildman–Crippen MR) is 52.1 cm³/mol. The van der Waals surface area contributed by atoms with E-state index in [4.69, 9.17) is 5.26 Å². The van der Waals surface area contributed by atoms with Gasteiger partial charge < -0.3 is 0 Å². The second-order valence-corrected chi connectivity index (χ2v) is 4.17. The highest BCUT2D eigenvalue weighted by Gasteiger charge is 2.32. The average molecular weight is 176 g/mol. The van der Waals surface area contributed by atoms with E-state index in [0.29, 0.717) is 6.04 Å². The Hall–Kier alpha value is -0.810. The van der Waals surface area contributed by atoms with Crippen molar-refractivity contribution in [1.82, 2.24) is 4.90 Å². The number of rotatable bonds is 0. The van der Waals surface area contributed by atoms with Gasteiger partial charge in [-0.15, -0.1) is 0 Å². The number of nitriles is 1. The Morgan fingerprint density at radius 1 is 1.46 bits per heavy atom.